The fraction of sp³-hybridized carbons (Fsp3) is 0.500. The summed E-state index contributed by atoms with van der Waals surface area (Å²) in [7, 11) is 2.18. The van der Waals surface area contributed by atoms with Gasteiger partial charge in [-0.1, -0.05) is 18.2 Å². The molecule has 0 saturated carbocycles. The Hall–Kier alpha value is -1.85. The zero-order chi connectivity index (χ0) is 15.8. The number of likely N-dealkylation sites (tertiary alicyclic amines) is 1. The number of hydrogen-bond acceptors (Lipinski definition) is 5. The molecule has 0 radical (unpaired) electrons. The number of carbonyl (C=O) groups excluding carboxylic acids is 1. The van der Waals surface area contributed by atoms with E-state index < -0.39 is 6.10 Å². The summed E-state index contributed by atoms with van der Waals surface area (Å²) in [6.45, 7) is 1.42. The van der Waals surface area contributed by atoms with Crippen molar-refractivity contribution < 1.29 is 19.4 Å². The molecule has 1 spiro atoms. The topological polar surface area (TPSA) is 59.0 Å². The van der Waals surface area contributed by atoms with E-state index in [4.69, 9.17) is 9.47 Å². The predicted octanol–water partition coefficient (Wildman–Crippen LogP) is 1.03. The molecule has 0 aromatic heterocycles. The Morgan fingerprint density at radius 3 is 3.13 bits per heavy atom. The Labute approximate surface area is 134 Å². The molecule has 2 bridgehead atoms. The number of carbonyl (C=O) groups is 1. The number of hydrogen-bond donors (Lipinski definition) is 1. The molecule has 1 aromatic carbocycles. The first-order valence-electron chi connectivity index (χ1n) is 8.17. The second-order valence-corrected chi connectivity index (χ2v) is 7.12. The van der Waals surface area contributed by atoms with E-state index in [2.05, 4.69) is 24.1 Å². The Kier molecular flexibility index (Phi) is 2.58. The van der Waals surface area contributed by atoms with Crippen LogP contribution in [0.25, 0.3) is 0 Å². The second kappa shape index (κ2) is 4.36. The number of likely N-dealkylation sites (N-methyl/N-ethyl adjacent to an activating group) is 1. The minimum absolute atomic E-state index is 0.198. The van der Waals surface area contributed by atoms with Gasteiger partial charge in [0.15, 0.2) is 11.5 Å². The van der Waals surface area contributed by atoms with Crippen LogP contribution in [0.3, 0.4) is 0 Å². The van der Waals surface area contributed by atoms with Gasteiger partial charge in [-0.15, -0.1) is 0 Å². The number of piperidine rings is 1. The largest absolute Gasteiger partial charge is 0.482 e. The quantitative estimate of drug-likeness (QED) is 0.653. The van der Waals surface area contributed by atoms with E-state index in [-0.39, 0.29) is 11.5 Å². The highest BCUT2D eigenvalue weighted by Gasteiger charge is 2.64. The standard InChI is InChI=1S/C18H19NO4/c1-19-7-6-18-11-3-4-13(21)17(18)23-16-14(22-9-20)5-2-10(15(16)18)8-12(11)19/h2-5,9,11-13,17,21H,6-8H2,1H3/t11-,12+,13-,17-,18-/m0/s1. The molecule has 2 aliphatic carbocycles. The summed E-state index contributed by atoms with van der Waals surface area (Å²) >= 11 is 0. The molecule has 0 unspecified atom stereocenters. The lowest BCUT2D eigenvalue weighted by Gasteiger charge is -2.56. The molecule has 1 N–H and O–H groups in total. The van der Waals surface area contributed by atoms with Crippen LogP contribution in [0.15, 0.2) is 24.3 Å². The van der Waals surface area contributed by atoms with Gasteiger partial charge in [0.05, 0.1) is 0 Å². The summed E-state index contributed by atoms with van der Waals surface area (Å²) in [5, 5.41) is 10.5. The average molecular weight is 313 g/mol. The Bertz CT molecular complexity index is 730. The van der Waals surface area contributed by atoms with E-state index >= 15 is 0 Å². The van der Waals surface area contributed by atoms with Gasteiger partial charge in [0, 0.05) is 22.9 Å². The minimum atomic E-state index is -0.627. The third-order valence-corrected chi connectivity index (χ3v) is 6.31. The predicted molar refractivity (Wildman–Crippen MR) is 82.6 cm³/mol. The number of aliphatic hydroxyl groups excluding tert-OH is 1. The lowest BCUT2D eigenvalue weighted by molar-refractivity contribution is -0.120. The third kappa shape index (κ3) is 1.47. The molecule has 5 atom stereocenters. The van der Waals surface area contributed by atoms with E-state index in [1.807, 2.05) is 12.1 Å². The maximum atomic E-state index is 10.8. The van der Waals surface area contributed by atoms with Crippen LogP contribution in [0.5, 0.6) is 11.5 Å². The van der Waals surface area contributed by atoms with Gasteiger partial charge in [-0.2, -0.15) is 0 Å². The van der Waals surface area contributed by atoms with Gasteiger partial charge in [-0.05, 0) is 38.1 Å². The summed E-state index contributed by atoms with van der Waals surface area (Å²) in [4.78, 5) is 13.2. The molecule has 1 saturated heterocycles. The van der Waals surface area contributed by atoms with Crippen LogP contribution in [0.2, 0.25) is 0 Å². The lowest BCUT2D eigenvalue weighted by Crippen LogP contribution is -2.64. The van der Waals surface area contributed by atoms with Crippen molar-refractivity contribution in [3.05, 3.63) is 35.4 Å². The van der Waals surface area contributed by atoms with Crippen LogP contribution in [0.4, 0.5) is 0 Å². The van der Waals surface area contributed by atoms with Gasteiger partial charge in [0.2, 0.25) is 0 Å². The fourth-order valence-corrected chi connectivity index (χ4v) is 5.37. The van der Waals surface area contributed by atoms with Gasteiger partial charge in [-0.3, -0.25) is 4.79 Å². The molecular formula is C18H19NO4. The average Bonchev–Trinajstić information content (AvgIpc) is 2.90. The van der Waals surface area contributed by atoms with Crippen LogP contribution in [-0.2, 0) is 16.6 Å². The Morgan fingerprint density at radius 2 is 2.30 bits per heavy atom. The number of ether oxygens (including phenoxy) is 2. The van der Waals surface area contributed by atoms with Gasteiger partial charge >= 0.3 is 0 Å². The summed E-state index contributed by atoms with van der Waals surface area (Å²) in [6, 6.07) is 4.29. The van der Waals surface area contributed by atoms with Gasteiger partial charge in [-0.25, -0.2) is 0 Å². The van der Waals surface area contributed by atoms with Crippen LogP contribution in [0.1, 0.15) is 17.5 Å². The molecule has 1 aromatic rings. The Balaban J connectivity index is 1.79. The lowest BCUT2D eigenvalue weighted by atomic mass is 9.53. The SMILES string of the molecule is CN1CC[C@]23c4c5ccc(OC=O)c4O[C@H]2[C@@H](O)C=C[C@H]3[C@H]1C5. The summed E-state index contributed by atoms with van der Waals surface area (Å²) < 4.78 is 11.3. The van der Waals surface area contributed by atoms with E-state index in [0.717, 1.165) is 19.4 Å². The van der Waals surface area contributed by atoms with Crippen molar-refractivity contribution in [2.75, 3.05) is 13.6 Å². The first-order chi connectivity index (χ1) is 11.2. The van der Waals surface area contributed by atoms with E-state index in [9.17, 15) is 9.90 Å². The summed E-state index contributed by atoms with van der Waals surface area (Å²) in [6.07, 6.45) is 5.04. The van der Waals surface area contributed by atoms with Crippen LogP contribution < -0.4 is 9.47 Å². The van der Waals surface area contributed by atoms with Crippen molar-refractivity contribution in [1.82, 2.24) is 4.90 Å². The monoisotopic (exact) mass is 313 g/mol. The van der Waals surface area contributed by atoms with E-state index in [1.165, 1.54) is 11.1 Å². The number of rotatable bonds is 2. The van der Waals surface area contributed by atoms with Crippen molar-refractivity contribution in [1.29, 1.82) is 0 Å². The highest BCUT2D eigenvalue weighted by molar-refractivity contribution is 5.64. The molecule has 2 heterocycles. The number of benzene rings is 1. The summed E-state index contributed by atoms with van der Waals surface area (Å²) in [5.41, 5.74) is 2.23. The van der Waals surface area contributed by atoms with Crippen LogP contribution in [-0.4, -0.2) is 48.3 Å². The molecule has 2 aliphatic heterocycles. The highest BCUT2D eigenvalue weighted by atomic mass is 16.6. The molecule has 23 heavy (non-hydrogen) atoms. The first kappa shape index (κ1) is 13.6. The summed E-state index contributed by atoms with van der Waals surface area (Å²) in [5.74, 6) is 1.45. The zero-order valence-electron chi connectivity index (χ0n) is 12.9. The molecule has 5 heteroatoms. The van der Waals surface area contributed by atoms with Crippen molar-refractivity contribution in [2.45, 2.75) is 36.5 Å². The molecule has 1 fully saturated rings. The molecule has 5 rings (SSSR count). The van der Waals surface area contributed by atoms with Crippen LogP contribution in [0, 0.1) is 5.92 Å². The Morgan fingerprint density at radius 1 is 1.43 bits per heavy atom. The van der Waals surface area contributed by atoms with E-state index in [1.54, 1.807) is 0 Å². The molecule has 120 valence electrons. The fourth-order valence-electron chi connectivity index (χ4n) is 5.37. The van der Waals surface area contributed by atoms with Crippen molar-refractivity contribution in [2.24, 2.45) is 5.92 Å². The van der Waals surface area contributed by atoms with Gasteiger partial charge in [0.1, 0.15) is 12.2 Å². The van der Waals surface area contributed by atoms with Crippen molar-refractivity contribution in [3.63, 3.8) is 0 Å². The zero-order valence-corrected chi connectivity index (χ0v) is 12.9. The van der Waals surface area contributed by atoms with E-state index in [0.29, 0.717) is 29.9 Å². The van der Waals surface area contributed by atoms with Crippen LogP contribution >= 0.6 is 0 Å². The van der Waals surface area contributed by atoms with Crippen molar-refractivity contribution >= 4 is 6.47 Å². The molecular weight excluding hydrogens is 294 g/mol. The minimum Gasteiger partial charge on any atom is -0.482 e. The molecule has 4 aliphatic rings. The maximum Gasteiger partial charge on any atom is 0.298 e. The molecule has 0 amide bonds. The number of aliphatic hydroxyl groups is 1. The van der Waals surface area contributed by atoms with Gasteiger partial charge < -0.3 is 19.5 Å². The molecule has 5 nitrogen and oxygen atoms in total. The third-order valence-electron chi connectivity index (χ3n) is 6.31. The first-order valence-corrected chi connectivity index (χ1v) is 8.17. The normalized spacial score (nSPS) is 39.6. The van der Waals surface area contributed by atoms with Crippen molar-refractivity contribution in [3.8, 4) is 11.5 Å². The second-order valence-electron chi connectivity index (χ2n) is 7.12. The smallest absolute Gasteiger partial charge is 0.298 e. The van der Waals surface area contributed by atoms with Gasteiger partial charge in [0.25, 0.3) is 6.47 Å². The maximum absolute atomic E-state index is 10.8. The highest BCUT2D eigenvalue weighted by Crippen LogP contribution is 2.62. The number of nitrogens with zero attached hydrogens (tertiary/aromatic N) is 1.